The fourth-order valence-electron chi connectivity index (χ4n) is 3.13. The second-order valence-corrected chi connectivity index (χ2v) is 7.79. The Morgan fingerprint density at radius 3 is 2.10 bits per heavy atom. The molecule has 6 heteroatoms. The minimum absolute atomic E-state index is 0.169. The Labute approximate surface area is 192 Å². The molecule has 0 aromatic heterocycles. The summed E-state index contributed by atoms with van der Waals surface area (Å²) in [6.45, 7) is 4.38. The fourth-order valence-corrected chi connectivity index (χ4v) is 3.60. The first-order valence-corrected chi connectivity index (χ1v) is 10.8. The number of nitrogens with zero attached hydrogens (tertiary/aromatic N) is 1. The van der Waals surface area contributed by atoms with Crippen molar-refractivity contribution >= 4 is 40.8 Å². The average Bonchev–Trinajstić information content (AvgIpc) is 2.78. The lowest BCUT2D eigenvalue weighted by molar-refractivity contribution is 0.0526. The van der Waals surface area contributed by atoms with Gasteiger partial charge in [-0.15, -0.1) is 0 Å². The van der Waals surface area contributed by atoms with Crippen molar-refractivity contribution in [2.45, 2.75) is 26.8 Å². The van der Waals surface area contributed by atoms with Gasteiger partial charge in [0.2, 0.25) is 0 Å². The molecule has 0 fully saturated rings. The van der Waals surface area contributed by atoms with E-state index in [4.69, 9.17) is 27.9 Å². The van der Waals surface area contributed by atoms with Crippen molar-refractivity contribution in [1.82, 2.24) is 0 Å². The highest BCUT2D eigenvalue weighted by Gasteiger charge is 2.20. The zero-order valence-electron chi connectivity index (χ0n) is 17.4. The third-order valence-corrected chi connectivity index (χ3v) is 5.47. The summed E-state index contributed by atoms with van der Waals surface area (Å²) < 4.78 is 5.04. The summed E-state index contributed by atoms with van der Waals surface area (Å²) in [7, 11) is 0. The molecule has 0 saturated heterocycles. The molecular formula is C25H23Cl2NO3. The largest absolute Gasteiger partial charge is 0.462 e. The summed E-state index contributed by atoms with van der Waals surface area (Å²) >= 11 is 12.4. The van der Waals surface area contributed by atoms with Crippen LogP contribution in [0, 0.1) is 0 Å². The molecule has 0 unspecified atom stereocenters. The highest BCUT2D eigenvalue weighted by atomic mass is 35.5. The zero-order chi connectivity index (χ0) is 22.4. The van der Waals surface area contributed by atoms with Crippen molar-refractivity contribution in [2.24, 2.45) is 0 Å². The van der Waals surface area contributed by atoms with Crippen LogP contribution in [0.3, 0.4) is 0 Å². The summed E-state index contributed by atoms with van der Waals surface area (Å²) in [5.74, 6) is -0.569. The van der Waals surface area contributed by atoms with Crippen LogP contribution in [-0.2, 0) is 17.7 Å². The van der Waals surface area contributed by atoms with Crippen LogP contribution in [0.2, 0.25) is 10.0 Å². The van der Waals surface area contributed by atoms with Gasteiger partial charge in [0.1, 0.15) is 0 Å². The number of aryl methyl sites for hydroxylation is 1. The normalized spacial score (nSPS) is 10.6. The third-order valence-electron chi connectivity index (χ3n) is 4.89. The molecule has 0 heterocycles. The molecular weight excluding hydrogens is 433 g/mol. The van der Waals surface area contributed by atoms with Crippen LogP contribution in [0.4, 0.5) is 5.69 Å². The molecule has 0 aliphatic rings. The molecule has 3 rings (SSSR count). The Morgan fingerprint density at radius 2 is 1.52 bits per heavy atom. The second kappa shape index (κ2) is 10.5. The summed E-state index contributed by atoms with van der Waals surface area (Å²) in [6.07, 6.45) is 0.897. The lowest BCUT2D eigenvalue weighted by Gasteiger charge is -2.24. The van der Waals surface area contributed by atoms with Crippen molar-refractivity contribution in [3.8, 4) is 0 Å². The Balaban J connectivity index is 1.96. The molecule has 1 amide bonds. The number of benzene rings is 3. The van der Waals surface area contributed by atoms with E-state index in [0.29, 0.717) is 33.5 Å². The minimum Gasteiger partial charge on any atom is -0.462 e. The lowest BCUT2D eigenvalue weighted by atomic mass is 10.1. The van der Waals surface area contributed by atoms with E-state index in [1.54, 1.807) is 54.3 Å². The SMILES string of the molecule is CCOC(=O)c1ccc(N(Cc2ccc(Cl)cc2Cl)C(=O)c2ccc(CC)cc2)cc1. The maximum absolute atomic E-state index is 13.4. The van der Waals surface area contributed by atoms with E-state index in [1.807, 2.05) is 24.3 Å². The van der Waals surface area contributed by atoms with Crippen LogP contribution < -0.4 is 4.90 Å². The number of carbonyl (C=O) groups excluding carboxylic acids is 2. The molecule has 0 saturated carbocycles. The van der Waals surface area contributed by atoms with Gasteiger partial charge in [-0.3, -0.25) is 4.79 Å². The van der Waals surface area contributed by atoms with Gasteiger partial charge in [-0.2, -0.15) is 0 Å². The summed E-state index contributed by atoms with van der Waals surface area (Å²) in [6, 6.07) is 19.5. The molecule has 0 N–H and O–H groups in total. The van der Waals surface area contributed by atoms with Crippen molar-refractivity contribution < 1.29 is 14.3 Å². The molecule has 4 nitrogen and oxygen atoms in total. The molecule has 160 valence electrons. The number of halogens is 2. The highest BCUT2D eigenvalue weighted by Crippen LogP contribution is 2.26. The van der Waals surface area contributed by atoms with E-state index in [0.717, 1.165) is 17.5 Å². The van der Waals surface area contributed by atoms with Crippen LogP contribution in [0.15, 0.2) is 66.7 Å². The van der Waals surface area contributed by atoms with Crippen molar-refractivity contribution in [3.05, 3.63) is 99.0 Å². The topological polar surface area (TPSA) is 46.6 Å². The van der Waals surface area contributed by atoms with Crippen molar-refractivity contribution in [2.75, 3.05) is 11.5 Å². The van der Waals surface area contributed by atoms with Gasteiger partial charge in [0, 0.05) is 21.3 Å². The van der Waals surface area contributed by atoms with Gasteiger partial charge in [-0.05, 0) is 73.0 Å². The predicted octanol–water partition coefficient (Wildman–Crippen LogP) is 6.58. The van der Waals surface area contributed by atoms with E-state index >= 15 is 0 Å². The standard InChI is InChI=1S/C25H23Cl2NO3/c1-3-17-5-7-18(8-6-17)24(29)28(16-20-9-12-21(26)15-23(20)27)22-13-10-19(11-14-22)25(30)31-4-2/h5-15H,3-4,16H2,1-2H3. The van der Waals surface area contributed by atoms with E-state index in [-0.39, 0.29) is 12.5 Å². The van der Waals surface area contributed by atoms with Gasteiger partial charge in [-0.25, -0.2) is 4.79 Å². The first-order chi connectivity index (χ1) is 14.9. The number of carbonyl (C=O) groups is 2. The molecule has 31 heavy (non-hydrogen) atoms. The van der Waals surface area contributed by atoms with Gasteiger partial charge in [0.15, 0.2) is 0 Å². The number of rotatable bonds is 7. The Hall–Kier alpha value is -2.82. The summed E-state index contributed by atoms with van der Waals surface area (Å²) in [4.78, 5) is 27.0. The molecule has 0 aliphatic heterocycles. The Kier molecular flexibility index (Phi) is 7.72. The third kappa shape index (κ3) is 5.66. The van der Waals surface area contributed by atoms with Gasteiger partial charge in [-0.1, -0.05) is 48.3 Å². The fraction of sp³-hybridized carbons (Fsp3) is 0.200. The molecule has 3 aromatic rings. The van der Waals surface area contributed by atoms with Crippen LogP contribution in [0.5, 0.6) is 0 Å². The summed E-state index contributed by atoms with van der Waals surface area (Å²) in [5.41, 5.74) is 3.55. The Bertz CT molecular complexity index is 1060. The number of hydrogen-bond acceptors (Lipinski definition) is 3. The van der Waals surface area contributed by atoms with Crippen LogP contribution in [-0.4, -0.2) is 18.5 Å². The average molecular weight is 456 g/mol. The molecule has 3 aromatic carbocycles. The first-order valence-electron chi connectivity index (χ1n) is 10.0. The van der Waals surface area contributed by atoms with Crippen molar-refractivity contribution in [1.29, 1.82) is 0 Å². The second-order valence-electron chi connectivity index (χ2n) is 6.94. The number of esters is 1. The zero-order valence-corrected chi connectivity index (χ0v) is 18.9. The maximum Gasteiger partial charge on any atom is 0.338 e. The molecule has 0 bridgehead atoms. The van der Waals surface area contributed by atoms with E-state index in [2.05, 4.69) is 6.92 Å². The van der Waals surface area contributed by atoms with E-state index in [1.165, 1.54) is 0 Å². The minimum atomic E-state index is -0.400. The quantitative estimate of drug-likeness (QED) is 0.378. The summed E-state index contributed by atoms with van der Waals surface area (Å²) in [5, 5.41) is 1.01. The molecule has 0 spiro atoms. The van der Waals surface area contributed by atoms with E-state index in [9.17, 15) is 9.59 Å². The van der Waals surface area contributed by atoms with Gasteiger partial charge < -0.3 is 9.64 Å². The molecule has 0 atom stereocenters. The Morgan fingerprint density at radius 1 is 0.871 bits per heavy atom. The molecule has 0 radical (unpaired) electrons. The van der Waals surface area contributed by atoms with Gasteiger partial charge >= 0.3 is 5.97 Å². The van der Waals surface area contributed by atoms with Gasteiger partial charge in [0.25, 0.3) is 5.91 Å². The number of amides is 1. The number of hydrogen-bond donors (Lipinski definition) is 0. The van der Waals surface area contributed by atoms with Crippen molar-refractivity contribution in [3.63, 3.8) is 0 Å². The van der Waals surface area contributed by atoms with Crippen LogP contribution in [0.1, 0.15) is 45.7 Å². The monoisotopic (exact) mass is 455 g/mol. The van der Waals surface area contributed by atoms with Crippen LogP contribution in [0.25, 0.3) is 0 Å². The molecule has 0 aliphatic carbocycles. The van der Waals surface area contributed by atoms with Crippen LogP contribution >= 0.6 is 23.2 Å². The predicted molar refractivity (Wildman–Crippen MR) is 125 cm³/mol. The smallest absolute Gasteiger partial charge is 0.338 e. The highest BCUT2D eigenvalue weighted by molar-refractivity contribution is 6.35. The number of anilines is 1. The van der Waals surface area contributed by atoms with Gasteiger partial charge in [0.05, 0.1) is 18.7 Å². The maximum atomic E-state index is 13.4. The first kappa shape index (κ1) is 22.9. The lowest BCUT2D eigenvalue weighted by Crippen LogP contribution is -2.30. The van der Waals surface area contributed by atoms with E-state index < -0.39 is 5.97 Å². The number of ether oxygens (including phenoxy) is 1.